The van der Waals surface area contributed by atoms with Crippen molar-refractivity contribution in [2.24, 2.45) is 0 Å². The van der Waals surface area contributed by atoms with Crippen LogP contribution in [-0.2, 0) is 0 Å². The molecule has 0 aromatic heterocycles. The number of rotatable bonds is 1. The van der Waals surface area contributed by atoms with Gasteiger partial charge in [-0.05, 0) is 36.4 Å². The third kappa shape index (κ3) is 2.43. The molecule has 104 valence electrons. The zero-order valence-corrected chi connectivity index (χ0v) is 11.0. The summed E-state index contributed by atoms with van der Waals surface area (Å²) in [5.74, 6) is -0.236. The number of ether oxygens (including phenoxy) is 1. The normalized spacial score (nSPS) is 13.0. The second-order valence-corrected chi connectivity index (χ2v) is 4.61. The van der Waals surface area contributed by atoms with Crippen molar-refractivity contribution in [3.05, 3.63) is 59.4 Å². The molecule has 0 radical (unpaired) electrons. The lowest BCUT2D eigenvalue weighted by Gasteiger charge is -2.29. The predicted octanol–water partition coefficient (Wildman–Crippen LogP) is 2.74. The van der Waals surface area contributed by atoms with Crippen molar-refractivity contribution < 1.29 is 13.9 Å². The van der Waals surface area contributed by atoms with E-state index in [4.69, 9.17) is 10.00 Å². The van der Waals surface area contributed by atoms with Crippen LogP contribution in [0.3, 0.4) is 0 Å². The first-order valence-electron chi connectivity index (χ1n) is 6.43. The maximum atomic E-state index is 13.2. The van der Waals surface area contributed by atoms with E-state index in [0.717, 1.165) is 0 Å². The molecule has 2 aromatic carbocycles. The number of benzene rings is 2. The molecular weight excluding hydrogens is 271 g/mol. The van der Waals surface area contributed by atoms with Crippen molar-refractivity contribution in [1.82, 2.24) is 0 Å². The summed E-state index contributed by atoms with van der Waals surface area (Å²) < 4.78 is 18.6. The van der Waals surface area contributed by atoms with Crippen molar-refractivity contribution in [3.8, 4) is 11.8 Å². The fourth-order valence-corrected chi connectivity index (χ4v) is 2.25. The maximum absolute atomic E-state index is 13.2. The Hall–Kier alpha value is -2.87. The highest BCUT2D eigenvalue weighted by molar-refractivity contribution is 6.07. The number of hydrogen-bond acceptors (Lipinski definition) is 3. The summed E-state index contributed by atoms with van der Waals surface area (Å²) in [4.78, 5) is 14.1. The number of nitrogens with zero attached hydrogens (tertiary/aromatic N) is 2. The van der Waals surface area contributed by atoms with E-state index in [-0.39, 0.29) is 5.91 Å². The summed E-state index contributed by atoms with van der Waals surface area (Å²) in [6.07, 6.45) is 0. The molecule has 0 saturated carbocycles. The maximum Gasteiger partial charge on any atom is 0.258 e. The van der Waals surface area contributed by atoms with Crippen LogP contribution in [0.15, 0.2) is 42.5 Å². The lowest BCUT2D eigenvalue weighted by molar-refractivity contribution is 0.0976. The van der Waals surface area contributed by atoms with Gasteiger partial charge in [0.1, 0.15) is 18.2 Å². The van der Waals surface area contributed by atoms with Crippen LogP contribution in [0.2, 0.25) is 0 Å². The summed E-state index contributed by atoms with van der Waals surface area (Å²) >= 11 is 0. The summed E-state index contributed by atoms with van der Waals surface area (Å²) in [6, 6.07) is 12.5. The van der Waals surface area contributed by atoms with Crippen LogP contribution in [0.5, 0.6) is 5.75 Å². The summed E-state index contributed by atoms with van der Waals surface area (Å²) in [6.45, 7) is 0.718. The second kappa shape index (κ2) is 5.25. The molecule has 0 spiro atoms. The average molecular weight is 282 g/mol. The Labute approximate surface area is 121 Å². The van der Waals surface area contributed by atoms with E-state index in [1.54, 1.807) is 29.2 Å². The summed E-state index contributed by atoms with van der Waals surface area (Å²) in [5.41, 5.74) is 1.53. The molecule has 1 amide bonds. The molecule has 0 bridgehead atoms. The van der Waals surface area contributed by atoms with Gasteiger partial charge in [-0.3, -0.25) is 4.79 Å². The van der Waals surface area contributed by atoms with Crippen molar-refractivity contribution >= 4 is 11.6 Å². The Kier molecular flexibility index (Phi) is 3.28. The highest BCUT2D eigenvalue weighted by atomic mass is 19.1. The van der Waals surface area contributed by atoms with Gasteiger partial charge in [-0.2, -0.15) is 5.26 Å². The van der Waals surface area contributed by atoms with Crippen LogP contribution in [-0.4, -0.2) is 19.1 Å². The molecule has 0 saturated heterocycles. The summed E-state index contributed by atoms with van der Waals surface area (Å²) in [7, 11) is 0. The zero-order valence-electron chi connectivity index (χ0n) is 11.0. The fraction of sp³-hybridized carbons (Fsp3) is 0.125. The third-order valence-corrected chi connectivity index (χ3v) is 3.29. The molecule has 0 unspecified atom stereocenters. The Morgan fingerprint density at radius 1 is 1.24 bits per heavy atom. The van der Waals surface area contributed by atoms with Crippen molar-refractivity contribution in [3.63, 3.8) is 0 Å². The molecule has 1 aliphatic heterocycles. The lowest BCUT2D eigenvalue weighted by Crippen LogP contribution is -2.38. The van der Waals surface area contributed by atoms with Crippen molar-refractivity contribution in [1.29, 1.82) is 5.26 Å². The van der Waals surface area contributed by atoms with Gasteiger partial charge in [-0.25, -0.2) is 4.39 Å². The molecule has 0 aliphatic carbocycles. The number of fused-ring (bicyclic) bond motifs is 1. The first-order valence-corrected chi connectivity index (χ1v) is 6.43. The molecule has 0 atom stereocenters. The van der Waals surface area contributed by atoms with E-state index in [0.29, 0.717) is 35.7 Å². The number of hydrogen-bond donors (Lipinski definition) is 0. The smallest absolute Gasteiger partial charge is 0.258 e. The van der Waals surface area contributed by atoms with Gasteiger partial charge in [-0.15, -0.1) is 0 Å². The number of nitriles is 1. The molecule has 21 heavy (non-hydrogen) atoms. The fourth-order valence-electron chi connectivity index (χ4n) is 2.25. The van der Waals surface area contributed by atoms with Gasteiger partial charge in [0.2, 0.25) is 0 Å². The number of amides is 1. The number of halogens is 1. The molecule has 4 nitrogen and oxygen atoms in total. The van der Waals surface area contributed by atoms with E-state index >= 15 is 0 Å². The number of anilines is 1. The Bertz CT molecular complexity index is 735. The van der Waals surface area contributed by atoms with Gasteiger partial charge in [0, 0.05) is 11.6 Å². The average Bonchev–Trinajstić information content (AvgIpc) is 2.53. The predicted molar refractivity (Wildman–Crippen MR) is 74.7 cm³/mol. The van der Waals surface area contributed by atoms with Gasteiger partial charge in [-0.1, -0.05) is 0 Å². The first-order chi connectivity index (χ1) is 10.2. The summed E-state index contributed by atoms with van der Waals surface area (Å²) in [5, 5.41) is 8.77. The van der Waals surface area contributed by atoms with Gasteiger partial charge in [0.15, 0.2) is 0 Å². The van der Waals surface area contributed by atoms with Crippen LogP contribution < -0.4 is 9.64 Å². The van der Waals surface area contributed by atoms with Crippen molar-refractivity contribution in [2.45, 2.75) is 0 Å². The van der Waals surface area contributed by atoms with Crippen molar-refractivity contribution in [2.75, 3.05) is 18.1 Å². The molecule has 0 N–H and O–H groups in total. The minimum Gasteiger partial charge on any atom is -0.489 e. The van der Waals surface area contributed by atoms with Gasteiger partial charge >= 0.3 is 0 Å². The van der Waals surface area contributed by atoms with Gasteiger partial charge < -0.3 is 9.64 Å². The van der Waals surface area contributed by atoms with Crippen LogP contribution in [0.4, 0.5) is 10.1 Å². The van der Waals surface area contributed by atoms with Crippen LogP contribution >= 0.6 is 0 Å². The standard InChI is InChI=1S/C16H11FN2O2/c17-13-5-6-14-15(9-13)21-8-7-19(14)16(20)12-3-1-11(10-18)2-4-12/h1-6,9H,7-8H2. The van der Waals surface area contributed by atoms with Gasteiger partial charge in [0.05, 0.1) is 23.9 Å². The second-order valence-electron chi connectivity index (χ2n) is 4.61. The zero-order chi connectivity index (χ0) is 14.8. The Balaban J connectivity index is 1.94. The molecule has 5 heteroatoms. The Morgan fingerprint density at radius 2 is 2.00 bits per heavy atom. The molecule has 3 rings (SSSR count). The Morgan fingerprint density at radius 3 is 2.71 bits per heavy atom. The topological polar surface area (TPSA) is 53.3 Å². The SMILES string of the molecule is N#Cc1ccc(C(=O)N2CCOc3cc(F)ccc32)cc1. The van der Waals surface area contributed by atoms with Gasteiger partial charge in [0.25, 0.3) is 5.91 Å². The highest BCUT2D eigenvalue weighted by Crippen LogP contribution is 2.33. The van der Waals surface area contributed by atoms with E-state index < -0.39 is 5.82 Å². The largest absolute Gasteiger partial charge is 0.489 e. The quantitative estimate of drug-likeness (QED) is 0.808. The monoisotopic (exact) mass is 282 g/mol. The number of carbonyl (C=O) groups excluding carboxylic acids is 1. The molecule has 2 aromatic rings. The third-order valence-electron chi connectivity index (χ3n) is 3.29. The molecule has 1 aliphatic rings. The van der Waals surface area contributed by atoms with Crippen LogP contribution in [0.25, 0.3) is 0 Å². The minimum absolute atomic E-state index is 0.198. The first kappa shape index (κ1) is 13.1. The molecule has 1 heterocycles. The lowest BCUT2D eigenvalue weighted by atomic mass is 10.1. The minimum atomic E-state index is -0.401. The van der Waals surface area contributed by atoms with E-state index in [9.17, 15) is 9.18 Å². The number of carbonyl (C=O) groups is 1. The highest BCUT2D eigenvalue weighted by Gasteiger charge is 2.24. The van der Waals surface area contributed by atoms with Crippen LogP contribution in [0, 0.1) is 17.1 Å². The van der Waals surface area contributed by atoms with Crippen LogP contribution in [0.1, 0.15) is 15.9 Å². The molecule has 0 fully saturated rings. The van der Waals surface area contributed by atoms with E-state index in [2.05, 4.69) is 0 Å². The van der Waals surface area contributed by atoms with E-state index in [1.807, 2.05) is 6.07 Å². The molecular formula is C16H11FN2O2. The van der Waals surface area contributed by atoms with E-state index in [1.165, 1.54) is 18.2 Å².